The number of anilines is 1. The van der Waals surface area contributed by atoms with Crippen LogP contribution in [0.2, 0.25) is 0 Å². The number of imidazole rings is 1. The summed E-state index contributed by atoms with van der Waals surface area (Å²) in [5.41, 5.74) is 0.675. The Morgan fingerprint density at radius 3 is 3.08 bits per heavy atom. The molecular formula is C15H17N5O4. The van der Waals surface area contributed by atoms with Gasteiger partial charge in [-0.15, -0.1) is 0 Å². The number of rotatable bonds is 8. The van der Waals surface area contributed by atoms with Crippen LogP contribution in [0.5, 0.6) is 11.5 Å². The zero-order valence-electron chi connectivity index (χ0n) is 12.8. The van der Waals surface area contributed by atoms with E-state index in [9.17, 15) is 10.1 Å². The molecule has 2 heterocycles. The number of hydrogen-bond acceptors (Lipinski definition) is 7. The Balaban J connectivity index is 1.56. The smallest absolute Gasteiger partial charge is 0.274 e. The average Bonchev–Trinajstić information content (AvgIpc) is 3.21. The van der Waals surface area contributed by atoms with Gasteiger partial charge >= 0.3 is 0 Å². The molecule has 0 bridgehead atoms. The minimum absolute atomic E-state index is 0.183. The Labute approximate surface area is 138 Å². The first kappa shape index (κ1) is 15.7. The highest BCUT2D eigenvalue weighted by Crippen LogP contribution is 2.34. The van der Waals surface area contributed by atoms with Crippen molar-refractivity contribution < 1.29 is 14.4 Å². The van der Waals surface area contributed by atoms with Crippen molar-refractivity contribution in [3.63, 3.8) is 0 Å². The van der Waals surface area contributed by atoms with Crippen LogP contribution < -0.4 is 20.1 Å². The van der Waals surface area contributed by atoms with Gasteiger partial charge in [-0.05, 0) is 18.6 Å². The summed E-state index contributed by atoms with van der Waals surface area (Å²) >= 11 is 0. The van der Waals surface area contributed by atoms with Crippen LogP contribution in [0.4, 0.5) is 5.69 Å². The fraction of sp³-hybridized carbons (Fsp3) is 0.267. The van der Waals surface area contributed by atoms with Crippen LogP contribution in [-0.4, -0.2) is 27.8 Å². The molecule has 3 rings (SSSR count). The third-order valence-corrected chi connectivity index (χ3v) is 3.35. The highest BCUT2D eigenvalue weighted by Gasteiger charge is 2.14. The van der Waals surface area contributed by atoms with Crippen LogP contribution in [0.1, 0.15) is 6.42 Å². The molecule has 1 aromatic carbocycles. The number of hydrogen-bond donors (Lipinski definition) is 2. The van der Waals surface area contributed by atoms with Crippen molar-refractivity contribution >= 4 is 5.69 Å². The first-order valence-corrected chi connectivity index (χ1v) is 7.42. The second-order valence-electron chi connectivity index (χ2n) is 5.10. The van der Waals surface area contributed by atoms with E-state index in [4.69, 9.17) is 9.47 Å². The topological polar surface area (TPSA) is 103 Å². The van der Waals surface area contributed by atoms with Gasteiger partial charge in [0.15, 0.2) is 17.3 Å². The van der Waals surface area contributed by atoms with Crippen molar-refractivity contribution in [2.75, 3.05) is 18.7 Å². The lowest BCUT2D eigenvalue weighted by Gasteiger charge is -2.12. The number of nitro groups is 1. The Kier molecular flexibility index (Phi) is 4.80. The molecule has 126 valence electrons. The summed E-state index contributed by atoms with van der Waals surface area (Å²) in [5.74, 6) is 1.58. The van der Waals surface area contributed by atoms with Crippen LogP contribution >= 0.6 is 0 Å². The van der Waals surface area contributed by atoms with Crippen molar-refractivity contribution in [1.29, 1.82) is 0 Å². The van der Waals surface area contributed by atoms with E-state index in [-0.39, 0.29) is 6.79 Å². The first-order chi connectivity index (χ1) is 11.7. The molecule has 0 fully saturated rings. The highest BCUT2D eigenvalue weighted by atomic mass is 16.7. The standard InChI is InChI=1S/C15H17N5O4/c21-20(22)9-15(17-4-1-6-19-7-5-16-10-19)18-12-2-3-13-14(8-12)24-11-23-13/h2-3,5,7-10,17-18H,1,4,6,11H2. The van der Waals surface area contributed by atoms with Crippen molar-refractivity contribution in [3.05, 3.63) is 59.1 Å². The number of aryl methyl sites for hydroxylation is 1. The molecule has 0 aliphatic carbocycles. The van der Waals surface area contributed by atoms with E-state index in [1.807, 2.05) is 10.8 Å². The normalized spacial score (nSPS) is 12.9. The largest absolute Gasteiger partial charge is 0.454 e. The fourth-order valence-corrected chi connectivity index (χ4v) is 2.26. The van der Waals surface area contributed by atoms with E-state index in [1.54, 1.807) is 30.7 Å². The number of benzene rings is 1. The lowest BCUT2D eigenvalue weighted by atomic mass is 10.3. The molecular weight excluding hydrogens is 314 g/mol. The molecule has 0 radical (unpaired) electrons. The van der Waals surface area contributed by atoms with Gasteiger partial charge in [0.2, 0.25) is 6.79 Å². The van der Waals surface area contributed by atoms with Gasteiger partial charge < -0.3 is 24.7 Å². The third-order valence-electron chi connectivity index (χ3n) is 3.35. The molecule has 0 spiro atoms. The molecule has 0 unspecified atom stereocenters. The van der Waals surface area contributed by atoms with Crippen molar-refractivity contribution in [3.8, 4) is 11.5 Å². The van der Waals surface area contributed by atoms with Crippen LogP contribution in [0, 0.1) is 10.1 Å². The second kappa shape index (κ2) is 7.36. The minimum Gasteiger partial charge on any atom is -0.454 e. The van der Waals surface area contributed by atoms with E-state index in [0.717, 1.165) is 19.2 Å². The van der Waals surface area contributed by atoms with Crippen LogP contribution in [-0.2, 0) is 6.54 Å². The average molecular weight is 331 g/mol. The molecule has 0 saturated carbocycles. The van der Waals surface area contributed by atoms with Gasteiger partial charge in [0.1, 0.15) is 0 Å². The summed E-state index contributed by atoms with van der Waals surface area (Å²) in [6.07, 6.45) is 7.03. The summed E-state index contributed by atoms with van der Waals surface area (Å²) < 4.78 is 12.5. The molecule has 0 saturated heterocycles. The fourth-order valence-electron chi connectivity index (χ4n) is 2.26. The van der Waals surface area contributed by atoms with Crippen LogP contribution in [0.3, 0.4) is 0 Å². The van der Waals surface area contributed by atoms with Crippen LogP contribution in [0.25, 0.3) is 0 Å². The SMILES string of the molecule is O=[N+]([O-])C=C(NCCCn1ccnc1)Nc1ccc2c(c1)OCO2. The van der Waals surface area contributed by atoms with Crippen molar-refractivity contribution in [2.24, 2.45) is 0 Å². The lowest BCUT2D eigenvalue weighted by Crippen LogP contribution is -2.22. The van der Waals surface area contributed by atoms with Gasteiger partial charge in [0.05, 0.1) is 11.3 Å². The number of nitrogens with one attached hydrogen (secondary N) is 2. The van der Waals surface area contributed by atoms with Crippen molar-refractivity contribution in [1.82, 2.24) is 14.9 Å². The Hall–Kier alpha value is -3.23. The number of fused-ring (bicyclic) bond motifs is 1. The molecule has 9 nitrogen and oxygen atoms in total. The van der Waals surface area contributed by atoms with Crippen LogP contribution in [0.15, 0.2) is 48.9 Å². The molecule has 2 N–H and O–H groups in total. The van der Waals surface area contributed by atoms with E-state index in [2.05, 4.69) is 15.6 Å². The van der Waals surface area contributed by atoms with Crippen molar-refractivity contribution in [2.45, 2.75) is 13.0 Å². The molecule has 0 atom stereocenters. The molecule has 1 aromatic heterocycles. The van der Waals surface area contributed by atoms with Gasteiger partial charge in [-0.25, -0.2) is 4.98 Å². The van der Waals surface area contributed by atoms with Gasteiger partial charge in [0.25, 0.3) is 6.20 Å². The predicted molar refractivity (Wildman–Crippen MR) is 86.1 cm³/mol. The lowest BCUT2D eigenvalue weighted by molar-refractivity contribution is -0.403. The second-order valence-corrected chi connectivity index (χ2v) is 5.10. The van der Waals surface area contributed by atoms with Gasteiger partial charge in [-0.3, -0.25) is 10.1 Å². The zero-order chi connectivity index (χ0) is 16.8. The Morgan fingerprint density at radius 2 is 2.29 bits per heavy atom. The summed E-state index contributed by atoms with van der Waals surface area (Å²) in [7, 11) is 0. The zero-order valence-corrected chi connectivity index (χ0v) is 12.8. The number of nitrogens with zero attached hydrogens (tertiary/aromatic N) is 3. The maximum Gasteiger partial charge on any atom is 0.274 e. The predicted octanol–water partition coefficient (Wildman–Crippen LogP) is 1.78. The summed E-state index contributed by atoms with van der Waals surface area (Å²) in [6, 6.07) is 5.27. The highest BCUT2D eigenvalue weighted by molar-refractivity contribution is 5.57. The van der Waals surface area contributed by atoms with E-state index < -0.39 is 4.92 Å². The summed E-state index contributed by atoms with van der Waals surface area (Å²) in [4.78, 5) is 14.3. The van der Waals surface area contributed by atoms with Gasteiger partial charge in [-0.2, -0.15) is 0 Å². The van der Waals surface area contributed by atoms with Gasteiger partial charge in [0, 0.05) is 37.2 Å². The summed E-state index contributed by atoms with van der Waals surface area (Å²) in [6.45, 7) is 1.54. The quantitative estimate of drug-likeness (QED) is 0.432. The van der Waals surface area contributed by atoms with E-state index in [0.29, 0.717) is 29.6 Å². The Morgan fingerprint density at radius 1 is 1.42 bits per heavy atom. The minimum atomic E-state index is -0.502. The maximum absolute atomic E-state index is 10.8. The van der Waals surface area contributed by atoms with E-state index >= 15 is 0 Å². The molecule has 24 heavy (non-hydrogen) atoms. The molecule has 1 aliphatic rings. The summed E-state index contributed by atoms with van der Waals surface area (Å²) in [5, 5.41) is 16.8. The molecule has 0 amide bonds. The van der Waals surface area contributed by atoms with E-state index in [1.165, 1.54) is 0 Å². The number of aromatic nitrogens is 2. The molecule has 2 aromatic rings. The molecule has 9 heteroatoms. The Bertz CT molecular complexity index is 729. The molecule has 1 aliphatic heterocycles. The number of ether oxygens (including phenoxy) is 2. The maximum atomic E-state index is 10.8. The third kappa shape index (κ3) is 4.15. The monoisotopic (exact) mass is 331 g/mol. The first-order valence-electron chi connectivity index (χ1n) is 7.42. The van der Waals surface area contributed by atoms with Gasteiger partial charge in [-0.1, -0.05) is 0 Å².